The third-order valence-electron chi connectivity index (χ3n) is 1.15. The summed E-state index contributed by atoms with van der Waals surface area (Å²) in [5.74, 6) is -3.77. The smallest absolute Gasteiger partial charge is 0.361 e. The van der Waals surface area contributed by atoms with Gasteiger partial charge in [-0.05, 0) is 0 Å². The molecule has 7 nitrogen and oxygen atoms in total. The van der Waals surface area contributed by atoms with E-state index in [-0.39, 0.29) is 0 Å². The summed E-state index contributed by atoms with van der Waals surface area (Å²) < 4.78 is 4.19. The largest absolute Gasteiger partial charge is 0.476 e. The van der Waals surface area contributed by atoms with Gasteiger partial charge in [-0.2, -0.15) is 0 Å². The molecule has 0 aromatic carbocycles. The first-order valence-corrected chi connectivity index (χ1v) is 4.15. The van der Waals surface area contributed by atoms with Crippen molar-refractivity contribution in [2.75, 3.05) is 19.6 Å². The summed E-state index contributed by atoms with van der Waals surface area (Å²) in [5, 5.41) is 11.5. The van der Waals surface area contributed by atoms with Gasteiger partial charge in [0.2, 0.25) is 18.1 Å². The molecule has 0 aliphatic rings. The molecule has 1 N–H and O–H groups in total. The number of alkyl halides is 1. The monoisotopic (exact) mass is 237 g/mol. The summed E-state index contributed by atoms with van der Waals surface area (Å²) in [6.45, 7) is -0.581. The maximum Gasteiger partial charge on any atom is 0.361 e. The lowest BCUT2D eigenvalue weighted by atomic mass is 10.3. The Labute approximate surface area is 89.6 Å². The number of methoxy groups -OCH3 is 1. The van der Waals surface area contributed by atoms with Gasteiger partial charge in [-0.15, -0.1) is 11.6 Å². The highest BCUT2D eigenvalue weighted by Crippen LogP contribution is 1.89. The standard InChI is InChI=1S/C7H8ClNO6/c1-14-5(11)3-15-9-6(7(12)13)4(10)2-8/h2-3H2,1H3,(H,12,13)/b9-6-. The van der Waals surface area contributed by atoms with Gasteiger partial charge in [-0.3, -0.25) is 4.79 Å². The zero-order valence-corrected chi connectivity index (χ0v) is 8.48. The van der Waals surface area contributed by atoms with Gasteiger partial charge in [-0.1, -0.05) is 5.16 Å². The molecule has 0 saturated carbocycles. The summed E-state index contributed by atoms with van der Waals surface area (Å²) in [5.41, 5.74) is -0.867. The summed E-state index contributed by atoms with van der Waals surface area (Å²) in [6.07, 6.45) is 0. The van der Waals surface area contributed by atoms with Crippen molar-refractivity contribution in [3.63, 3.8) is 0 Å². The Morgan fingerprint density at radius 2 is 2.00 bits per heavy atom. The zero-order valence-electron chi connectivity index (χ0n) is 7.73. The normalized spacial score (nSPS) is 10.7. The highest BCUT2D eigenvalue weighted by atomic mass is 35.5. The number of hydrogen-bond acceptors (Lipinski definition) is 6. The fourth-order valence-corrected chi connectivity index (χ4v) is 0.608. The van der Waals surface area contributed by atoms with Gasteiger partial charge in [-0.25, -0.2) is 9.59 Å². The van der Waals surface area contributed by atoms with Gasteiger partial charge in [0.25, 0.3) is 0 Å². The number of hydrogen-bond donors (Lipinski definition) is 1. The van der Waals surface area contributed by atoms with Crippen LogP contribution in [-0.4, -0.2) is 48.1 Å². The molecule has 15 heavy (non-hydrogen) atoms. The van der Waals surface area contributed by atoms with Crippen molar-refractivity contribution in [2.24, 2.45) is 5.16 Å². The molecule has 84 valence electrons. The molecule has 0 rings (SSSR count). The number of esters is 1. The number of rotatable bonds is 6. The number of ketones is 1. The molecule has 8 heteroatoms. The number of Topliss-reactive ketones (excluding diaryl/α,β-unsaturated/α-hetero) is 1. The van der Waals surface area contributed by atoms with Crippen molar-refractivity contribution < 1.29 is 29.1 Å². The SMILES string of the molecule is COC(=O)CO/N=C(\C(=O)O)C(=O)CCl. The van der Waals surface area contributed by atoms with E-state index >= 15 is 0 Å². The molecular weight excluding hydrogens is 230 g/mol. The number of nitrogens with zero attached hydrogens (tertiary/aromatic N) is 1. The Hall–Kier alpha value is -1.63. The number of carboxylic acids is 1. The molecule has 0 amide bonds. The van der Waals surface area contributed by atoms with Crippen molar-refractivity contribution in [2.45, 2.75) is 0 Å². The van der Waals surface area contributed by atoms with Crippen LogP contribution in [0.2, 0.25) is 0 Å². The van der Waals surface area contributed by atoms with E-state index in [4.69, 9.17) is 16.7 Å². The number of oxime groups is 1. The highest BCUT2D eigenvalue weighted by molar-refractivity contribution is 6.67. The van der Waals surface area contributed by atoms with Crippen molar-refractivity contribution >= 4 is 35.0 Å². The quantitative estimate of drug-likeness (QED) is 0.218. The van der Waals surface area contributed by atoms with Crippen LogP contribution in [0.4, 0.5) is 0 Å². The van der Waals surface area contributed by atoms with E-state index in [2.05, 4.69) is 14.7 Å². The lowest BCUT2D eigenvalue weighted by molar-refractivity contribution is -0.146. The van der Waals surface area contributed by atoms with Gasteiger partial charge in [0.05, 0.1) is 13.0 Å². The minimum absolute atomic E-state index is 0.535. The van der Waals surface area contributed by atoms with E-state index in [0.717, 1.165) is 7.11 Å². The van der Waals surface area contributed by atoms with Crippen molar-refractivity contribution in [1.29, 1.82) is 0 Å². The second-order valence-corrected chi connectivity index (χ2v) is 2.42. The van der Waals surface area contributed by atoms with Crippen LogP contribution in [0.5, 0.6) is 0 Å². The molecule has 0 unspecified atom stereocenters. The summed E-state index contributed by atoms with van der Waals surface area (Å²) in [6, 6.07) is 0. The van der Waals surface area contributed by atoms with Crippen LogP contribution in [0.25, 0.3) is 0 Å². The number of ether oxygens (including phenoxy) is 1. The van der Waals surface area contributed by atoms with Gasteiger partial charge < -0.3 is 14.7 Å². The van der Waals surface area contributed by atoms with E-state index in [1.54, 1.807) is 0 Å². The molecule has 0 saturated heterocycles. The molecule has 0 fully saturated rings. The number of carboxylic acid groups (broad SMARTS) is 1. The van der Waals surface area contributed by atoms with E-state index in [1.165, 1.54) is 0 Å². The number of carbonyl (C=O) groups is 3. The third-order valence-corrected chi connectivity index (χ3v) is 1.40. The van der Waals surface area contributed by atoms with Crippen LogP contribution in [-0.2, 0) is 24.0 Å². The average molecular weight is 238 g/mol. The van der Waals surface area contributed by atoms with Gasteiger partial charge in [0, 0.05) is 0 Å². The van der Waals surface area contributed by atoms with E-state index in [0.29, 0.717) is 0 Å². The Bertz CT molecular complexity index is 300. The summed E-state index contributed by atoms with van der Waals surface area (Å²) >= 11 is 5.12. The van der Waals surface area contributed by atoms with Crippen LogP contribution in [0, 0.1) is 0 Å². The first-order chi connectivity index (χ1) is 7.02. The van der Waals surface area contributed by atoms with Gasteiger partial charge in [0.15, 0.2) is 0 Å². The topological polar surface area (TPSA) is 102 Å². The zero-order chi connectivity index (χ0) is 11.8. The Kier molecular flexibility index (Phi) is 6.03. The van der Waals surface area contributed by atoms with E-state index in [9.17, 15) is 14.4 Å². The van der Waals surface area contributed by atoms with Crippen LogP contribution in [0.1, 0.15) is 0 Å². The first kappa shape index (κ1) is 13.4. The molecule has 0 aromatic rings. The van der Waals surface area contributed by atoms with Crippen molar-refractivity contribution in [1.82, 2.24) is 0 Å². The summed E-state index contributed by atoms with van der Waals surface area (Å²) in [4.78, 5) is 36.1. The third kappa shape index (κ3) is 4.96. The Balaban J connectivity index is 4.38. The van der Waals surface area contributed by atoms with Gasteiger partial charge in [0.1, 0.15) is 0 Å². The minimum Gasteiger partial charge on any atom is -0.476 e. The Morgan fingerprint density at radius 3 is 2.40 bits per heavy atom. The molecule has 0 aliphatic heterocycles. The summed E-state index contributed by atoms with van der Waals surface area (Å²) in [7, 11) is 1.12. The van der Waals surface area contributed by atoms with Crippen LogP contribution in [0.15, 0.2) is 5.16 Å². The van der Waals surface area contributed by atoms with Crippen LogP contribution < -0.4 is 0 Å². The molecule has 0 atom stereocenters. The van der Waals surface area contributed by atoms with Crippen LogP contribution >= 0.6 is 11.6 Å². The average Bonchev–Trinajstić information content (AvgIpc) is 2.22. The van der Waals surface area contributed by atoms with Crippen molar-refractivity contribution in [3.05, 3.63) is 0 Å². The molecule has 0 heterocycles. The Morgan fingerprint density at radius 1 is 1.40 bits per heavy atom. The van der Waals surface area contributed by atoms with E-state index in [1.807, 2.05) is 0 Å². The predicted molar refractivity (Wildman–Crippen MR) is 48.8 cm³/mol. The lowest BCUT2D eigenvalue weighted by Gasteiger charge is -1.99. The maximum atomic E-state index is 10.9. The minimum atomic E-state index is -1.58. The molecule has 0 spiro atoms. The number of carbonyl (C=O) groups excluding carboxylic acids is 2. The fraction of sp³-hybridized carbons (Fsp3) is 0.429. The highest BCUT2D eigenvalue weighted by Gasteiger charge is 2.19. The molecule has 0 aromatic heterocycles. The second-order valence-electron chi connectivity index (χ2n) is 2.15. The van der Waals surface area contributed by atoms with E-state index < -0.39 is 35.9 Å². The molecule has 0 radical (unpaired) electrons. The fourth-order valence-electron chi connectivity index (χ4n) is 0.481. The first-order valence-electron chi connectivity index (χ1n) is 3.62. The van der Waals surface area contributed by atoms with Crippen LogP contribution in [0.3, 0.4) is 0 Å². The second kappa shape index (κ2) is 6.77. The molecular formula is C7H8ClNO6. The van der Waals surface area contributed by atoms with Gasteiger partial charge >= 0.3 is 11.9 Å². The number of aliphatic carboxylic acids is 1. The maximum absolute atomic E-state index is 10.9. The molecule has 0 aliphatic carbocycles. The van der Waals surface area contributed by atoms with Crippen molar-refractivity contribution in [3.8, 4) is 0 Å². The number of halogens is 1. The molecule has 0 bridgehead atoms. The predicted octanol–water partition coefficient (Wildman–Crippen LogP) is -0.575. The lowest BCUT2D eigenvalue weighted by Crippen LogP contribution is -2.25.